The number of nitrogens with zero attached hydrogens (tertiary/aromatic N) is 4. The van der Waals surface area contributed by atoms with Crippen LogP contribution in [0.5, 0.6) is 0 Å². The van der Waals surface area contributed by atoms with Crippen LogP contribution in [0.25, 0.3) is 0 Å². The molecule has 132 valence electrons. The number of benzene rings is 1. The second-order valence-electron chi connectivity index (χ2n) is 6.84. The smallest absolute Gasteiger partial charge is 0.274 e. The lowest BCUT2D eigenvalue weighted by molar-refractivity contribution is 0.0683. The number of carbonyl (C=O) groups excluding carboxylic acids is 1. The third kappa shape index (κ3) is 4.35. The third-order valence-corrected chi connectivity index (χ3v) is 4.63. The number of amides is 1. The molecule has 25 heavy (non-hydrogen) atoms. The molecule has 0 bridgehead atoms. The summed E-state index contributed by atoms with van der Waals surface area (Å²) in [7, 11) is 0. The lowest BCUT2D eigenvalue weighted by Gasteiger charge is -2.28. The van der Waals surface area contributed by atoms with E-state index < -0.39 is 0 Å². The zero-order valence-corrected chi connectivity index (χ0v) is 15.1. The Hall–Kier alpha value is -2.43. The van der Waals surface area contributed by atoms with Crippen molar-refractivity contribution in [3.05, 3.63) is 53.7 Å². The van der Waals surface area contributed by atoms with Gasteiger partial charge in [-0.05, 0) is 50.8 Å². The number of piperidine rings is 1. The highest BCUT2D eigenvalue weighted by molar-refractivity contribution is 5.92. The summed E-state index contributed by atoms with van der Waals surface area (Å²) >= 11 is 0. The van der Waals surface area contributed by atoms with Gasteiger partial charge >= 0.3 is 0 Å². The van der Waals surface area contributed by atoms with Gasteiger partial charge in [0.05, 0.1) is 0 Å². The molecule has 0 N–H and O–H groups in total. The van der Waals surface area contributed by atoms with E-state index in [0.29, 0.717) is 12.2 Å². The lowest BCUT2D eigenvalue weighted by Crippen LogP contribution is -2.37. The summed E-state index contributed by atoms with van der Waals surface area (Å²) < 4.78 is 0. The van der Waals surface area contributed by atoms with E-state index in [4.69, 9.17) is 0 Å². The molecule has 2 aromatic rings. The first-order valence-corrected chi connectivity index (χ1v) is 9.09. The minimum atomic E-state index is -0.0726. The maximum Gasteiger partial charge on any atom is 0.274 e. The van der Waals surface area contributed by atoms with E-state index in [0.717, 1.165) is 24.5 Å². The van der Waals surface area contributed by atoms with Crippen LogP contribution in [-0.4, -0.2) is 40.1 Å². The van der Waals surface area contributed by atoms with Gasteiger partial charge in [0.25, 0.3) is 5.91 Å². The fourth-order valence-electron chi connectivity index (χ4n) is 3.15. The van der Waals surface area contributed by atoms with Crippen LogP contribution >= 0.6 is 0 Å². The average Bonchev–Trinajstić information content (AvgIpc) is 2.67. The first-order chi connectivity index (χ1) is 12.1. The molecule has 5 heteroatoms. The average molecular weight is 338 g/mol. The molecule has 0 aliphatic carbocycles. The molecular formula is C20H26N4O. The highest BCUT2D eigenvalue weighted by atomic mass is 16.2. The van der Waals surface area contributed by atoms with E-state index >= 15 is 0 Å². The molecule has 0 atom stereocenters. The molecule has 0 saturated carbocycles. The number of hydrogen-bond acceptors (Lipinski definition) is 4. The van der Waals surface area contributed by atoms with Gasteiger partial charge in [-0.3, -0.25) is 4.79 Å². The van der Waals surface area contributed by atoms with Crippen molar-refractivity contribution in [1.29, 1.82) is 0 Å². The van der Waals surface area contributed by atoms with Crippen molar-refractivity contribution in [3.63, 3.8) is 0 Å². The second kappa shape index (κ2) is 8.10. The predicted molar refractivity (Wildman–Crippen MR) is 99.5 cm³/mol. The van der Waals surface area contributed by atoms with E-state index in [2.05, 4.69) is 15.1 Å². The van der Waals surface area contributed by atoms with Crippen molar-refractivity contribution >= 4 is 11.7 Å². The Morgan fingerprint density at radius 3 is 2.36 bits per heavy atom. The lowest BCUT2D eigenvalue weighted by atomic mass is 10.1. The van der Waals surface area contributed by atoms with Crippen LogP contribution in [0.3, 0.4) is 0 Å². The minimum Gasteiger partial charge on any atom is -0.355 e. The van der Waals surface area contributed by atoms with Gasteiger partial charge in [-0.2, -0.15) is 0 Å². The maximum absolute atomic E-state index is 12.9. The summed E-state index contributed by atoms with van der Waals surface area (Å²) in [5, 5.41) is 8.52. The molecule has 2 heterocycles. The normalized spacial score (nSPS) is 14.6. The predicted octanol–water partition coefficient (Wildman–Crippen LogP) is 3.52. The molecule has 1 fully saturated rings. The summed E-state index contributed by atoms with van der Waals surface area (Å²) in [6, 6.07) is 13.9. The molecular weight excluding hydrogens is 312 g/mol. The summed E-state index contributed by atoms with van der Waals surface area (Å²) in [6.07, 6.45) is 3.67. The largest absolute Gasteiger partial charge is 0.355 e. The number of aromatic nitrogens is 2. The van der Waals surface area contributed by atoms with Gasteiger partial charge < -0.3 is 9.80 Å². The van der Waals surface area contributed by atoms with Gasteiger partial charge in [-0.25, -0.2) is 0 Å². The zero-order valence-electron chi connectivity index (χ0n) is 15.1. The summed E-state index contributed by atoms with van der Waals surface area (Å²) in [4.78, 5) is 17.0. The van der Waals surface area contributed by atoms with E-state index in [1.165, 1.54) is 19.3 Å². The Morgan fingerprint density at radius 1 is 1.04 bits per heavy atom. The van der Waals surface area contributed by atoms with Crippen LogP contribution in [0.1, 0.15) is 49.2 Å². The first kappa shape index (κ1) is 17.4. The molecule has 0 unspecified atom stereocenters. The zero-order chi connectivity index (χ0) is 17.6. The Labute approximate surface area is 149 Å². The van der Waals surface area contributed by atoms with Gasteiger partial charge in [0, 0.05) is 25.7 Å². The van der Waals surface area contributed by atoms with Crippen LogP contribution in [0.15, 0.2) is 42.5 Å². The van der Waals surface area contributed by atoms with E-state index in [9.17, 15) is 4.79 Å². The Balaban J connectivity index is 1.73. The highest BCUT2D eigenvalue weighted by Gasteiger charge is 2.21. The molecule has 0 spiro atoms. The molecule has 1 aromatic heterocycles. The van der Waals surface area contributed by atoms with Crippen molar-refractivity contribution in [1.82, 2.24) is 15.1 Å². The van der Waals surface area contributed by atoms with Crippen molar-refractivity contribution in [2.75, 3.05) is 18.0 Å². The van der Waals surface area contributed by atoms with Gasteiger partial charge in [0.1, 0.15) is 0 Å². The van der Waals surface area contributed by atoms with Crippen LogP contribution in [0.2, 0.25) is 0 Å². The fourth-order valence-corrected chi connectivity index (χ4v) is 3.15. The molecule has 5 nitrogen and oxygen atoms in total. The molecule has 1 saturated heterocycles. The summed E-state index contributed by atoms with van der Waals surface area (Å²) in [5.74, 6) is 0.798. The number of rotatable bonds is 5. The van der Waals surface area contributed by atoms with E-state index in [1.807, 2.05) is 55.1 Å². The molecule has 0 radical (unpaired) electrons. The van der Waals surface area contributed by atoms with Gasteiger partial charge in [0.2, 0.25) is 0 Å². The Kier molecular flexibility index (Phi) is 5.64. The summed E-state index contributed by atoms with van der Waals surface area (Å²) in [5.41, 5.74) is 1.52. The molecule has 1 aromatic carbocycles. The monoisotopic (exact) mass is 338 g/mol. The van der Waals surface area contributed by atoms with Crippen LogP contribution in [0, 0.1) is 0 Å². The number of carbonyl (C=O) groups is 1. The number of hydrogen-bond donors (Lipinski definition) is 0. The maximum atomic E-state index is 12.9. The first-order valence-electron chi connectivity index (χ1n) is 9.09. The molecule has 1 amide bonds. The summed E-state index contributed by atoms with van der Waals surface area (Å²) in [6.45, 7) is 6.67. The topological polar surface area (TPSA) is 49.3 Å². The van der Waals surface area contributed by atoms with Crippen molar-refractivity contribution in [3.8, 4) is 0 Å². The van der Waals surface area contributed by atoms with Crippen molar-refractivity contribution in [2.45, 2.75) is 45.7 Å². The molecule has 1 aliphatic heterocycles. The van der Waals surface area contributed by atoms with Crippen LogP contribution in [-0.2, 0) is 6.54 Å². The van der Waals surface area contributed by atoms with E-state index in [-0.39, 0.29) is 11.9 Å². The van der Waals surface area contributed by atoms with Gasteiger partial charge in [0.15, 0.2) is 11.5 Å². The van der Waals surface area contributed by atoms with Crippen molar-refractivity contribution < 1.29 is 4.79 Å². The quantitative estimate of drug-likeness (QED) is 0.837. The molecule has 1 aliphatic rings. The van der Waals surface area contributed by atoms with E-state index in [1.54, 1.807) is 6.07 Å². The Bertz CT molecular complexity index is 679. The third-order valence-electron chi connectivity index (χ3n) is 4.63. The minimum absolute atomic E-state index is 0.0726. The second-order valence-corrected chi connectivity index (χ2v) is 6.84. The van der Waals surface area contributed by atoms with Gasteiger partial charge in [-0.1, -0.05) is 30.3 Å². The number of anilines is 1. The molecule has 3 rings (SSSR count). The fraction of sp³-hybridized carbons (Fsp3) is 0.450. The van der Waals surface area contributed by atoms with Crippen molar-refractivity contribution in [2.24, 2.45) is 0 Å². The van der Waals surface area contributed by atoms with Crippen LogP contribution < -0.4 is 4.90 Å². The highest BCUT2D eigenvalue weighted by Crippen LogP contribution is 2.18. The SMILES string of the molecule is CC(C)N(Cc1ccccc1)C(=O)c1ccc(N2CCCCC2)nn1. The van der Waals surface area contributed by atoms with Gasteiger partial charge in [-0.15, -0.1) is 10.2 Å². The standard InChI is InChI=1S/C20H26N4O/c1-16(2)24(15-17-9-5-3-6-10-17)20(25)18-11-12-19(22-21-18)23-13-7-4-8-14-23/h3,5-6,9-12,16H,4,7-8,13-15H2,1-2H3. The van der Waals surface area contributed by atoms with Crippen LogP contribution in [0.4, 0.5) is 5.82 Å². The Morgan fingerprint density at radius 2 is 1.76 bits per heavy atom.